The molecule has 0 unspecified atom stereocenters. The molecule has 1 aliphatic heterocycles. The summed E-state index contributed by atoms with van der Waals surface area (Å²) in [5.41, 5.74) is 0.326. The Bertz CT molecular complexity index is 964. The van der Waals surface area contributed by atoms with Crippen LogP contribution in [0.4, 0.5) is 5.69 Å². The third kappa shape index (κ3) is 4.12. The molecule has 1 saturated heterocycles. The number of hydrogen-bond acceptors (Lipinski definition) is 4. The van der Waals surface area contributed by atoms with E-state index < -0.39 is 15.6 Å². The number of carbonyl (C=O) groups is 1. The second kappa shape index (κ2) is 8.06. The van der Waals surface area contributed by atoms with Gasteiger partial charge in [0.1, 0.15) is 6.54 Å². The van der Waals surface area contributed by atoms with Gasteiger partial charge in [-0.3, -0.25) is 9.59 Å². The Morgan fingerprint density at radius 1 is 1.07 bits per heavy atom. The number of rotatable bonds is 6. The van der Waals surface area contributed by atoms with Crippen molar-refractivity contribution in [3.63, 3.8) is 0 Å². The van der Waals surface area contributed by atoms with Crippen LogP contribution in [0.15, 0.2) is 58.4 Å². The number of pyridine rings is 1. The maximum Gasteiger partial charge on any atom is 0.251 e. The van der Waals surface area contributed by atoms with E-state index in [9.17, 15) is 18.0 Å². The van der Waals surface area contributed by atoms with E-state index in [0.717, 1.165) is 23.1 Å². The molecular weight excluding hydrogens is 366 g/mol. The van der Waals surface area contributed by atoms with Gasteiger partial charge in [0.2, 0.25) is 15.9 Å². The van der Waals surface area contributed by atoms with Gasteiger partial charge in [0.05, 0.1) is 4.90 Å². The molecule has 0 atom stereocenters. The Labute approximate surface area is 158 Å². The number of amides is 1. The minimum atomic E-state index is -3.64. The summed E-state index contributed by atoms with van der Waals surface area (Å²) in [6.07, 6.45) is 2.94. The number of aromatic nitrogens is 1. The predicted octanol–water partition coefficient (Wildman–Crippen LogP) is 1.69. The SMILES string of the molecule is CCN(C(=O)Cn1cc(S(=O)(=O)N2CCCC2)ccc1=O)c1ccccc1. The van der Waals surface area contributed by atoms with Gasteiger partial charge in [-0.25, -0.2) is 8.42 Å². The second-order valence-electron chi connectivity index (χ2n) is 6.42. The first-order chi connectivity index (χ1) is 12.9. The van der Waals surface area contributed by atoms with E-state index in [-0.39, 0.29) is 17.3 Å². The van der Waals surface area contributed by atoms with Gasteiger partial charge in [-0.1, -0.05) is 18.2 Å². The van der Waals surface area contributed by atoms with E-state index in [4.69, 9.17) is 0 Å². The highest BCUT2D eigenvalue weighted by Gasteiger charge is 2.28. The Morgan fingerprint density at radius 3 is 2.37 bits per heavy atom. The van der Waals surface area contributed by atoms with Crippen LogP contribution in [0.3, 0.4) is 0 Å². The predicted molar refractivity (Wildman–Crippen MR) is 103 cm³/mol. The minimum Gasteiger partial charge on any atom is -0.311 e. The molecule has 0 saturated carbocycles. The summed E-state index contributed by atoms with van der Waals surface area (Å²) in [6, 6.07) is 11.7. The number of carbonyl (C=O) groups excluding carboxylic acids is 1. The van der Waals surface area contributed by atoms with Gasteiger partial charge in [0.15, 0.2) is 0 Å². The molecule has 2 heterocycles. The Hall–Kier alpha value is -2.45. The lowest BCUT2D eigenvalue weighted by molar-refractivity contribution is -0.119. The van der Waals surface area contributed by atoms with Crippen molar-refractivity contribution in [1.29, 1.82) is 0 Å². The van der Waals surface area contributed by atoms with Crippen molar-refractivity contribution in [2.75, 3.05) is 24.5 Å². The average molecular weight is 389 g/mol. The lowest BCUT2D eigenvalue weighted by Crippen LogP contribution is -2.37. The smallest absolute Gasteiger partial charge is 0.251 e. The molecule has 2 aromatic rings. The molecule has 1 aliphatic rings. The molecule has 0 N–H and O–H groups in total. The van der Waals surface area contributed by atoms with Gasteiger partial charge < -0.3 is 9.47 Å². The van der Waals surface area contributed by atoms with Crippen LogP contribution in [0, 0.1) is 0 Å². The molecule has 1 fully saturated rings. The highest BCUT2D eigenvalue weighted by Crippen LogP contribution is 2.20. The summed E-state index contributed by atoms with van der Waals surface area (Å²) >= 11 is 0. The summed E-state index contributed by atoms with van der Waals surface area (Å²) in [6.45, 7) is 3.05. The zero-order valence-electron chi connectivity index (χ0n) is 15.2. The number of sulfonamides is 1. The lowest BCUT2D eigenvalue weighted by Gasteiger charge is -2.22. The zero-order chi connectivity index (χ0) is 19.4. The van der Waals surface area contributed by atoms with Gasteiger partial charge in [-0.2, -0.15) is 4.31 Å². The summed E-state index contributed by atoms with van der Waals surface area (Å²) in [4.78, 5) is 26.5. The van der Waals surface area contributed by atoms with Gasteiger partial charge in [-0.05, 0) is 38.0 Å². The molecule has 1 amide bonds. The fourth-order valence-corrected chi connectivity index (χ4v) is 4.74. The Kier molecular flexibility index (Phi) is 5.76. The second-order valence-corrected chi connectivity index (χ2v) is 8.35. The van der Waals surface area contributed by atoms with Gasteiger partial charge in [0, 0.05) is 37.6 Å². The number of benzene rings is 1. The Balaban J connectivity index is 1.86. The van der Waals surface area contributed by atoms with Crippen LogP contribution >= 0.6 is 0 Å². The van der Waals surface area contributed by atoms with Gasteiger partial charge in [0.25, 0.3) is 5.56 Å². The quantitative estimate of drug-likeness (QED) is 0.753. The number of likely N-dealkylation sites (N-methyl/N-ethyl adjacent to an activating group) is 1. The van der Waals surface area contributed by atoms with Crippen LogP contribution in [0.5, 0.6) is 0 Å². The molecule has 7 nitrogen and oxygen atoms in total. The van der Waals surface area contributed by atoms with E-state index in [2.05, 4.69) is 0 Å². The highest BCUT2D eigenvalue weighted by atomic mass is 32.2. The normalized spacial score (nSPS) is 15.0. The summed E-state index contributed by atoms with van der Waals surface area (Å²) in [5, 5.41) is 0. The van der Waals surface area contributed by atoms with Crippen LogP contribution in [0.25, 0.3) is 0 Å². The van der Waals surface area contributed by atoms with Crippen molar-refractivity contribution < 1.29 is 13.2 Å². The van der Waals surface area contributed by atoms with Crippen LogP contribution in [0.2, 0.25) is 0 Å². The molecule has 3 rings (SSSR count). The summed E-state index contributed by atoms with van der Waals surface area (Å²) < 4.78 is 28.0. The zero-order valence-corrected chi connectivity index (χ0v) is 16.1. The van der Waals surface area contributed by atoms with Crippen molar-refractivity contribution in [2.24, 2.45) is 0 Å². The number of para-hydroxylation sites is 1. The third-order valence-electron chi connectivity index (χ3n) is 4.65. The standard InChI is InChI=1S/C19H23N3O4S/c1-2-22(16-8-4-3-5-9-16)19(24)15-20-14-17(10-11-18(20)23)27(25,26)21-12-6-7-13-21/h3-5,8-11,14H,2,6-7,12-13,15H2,1H3. The minimum absolute atomic E-state index is 0.0413. The van der Waals surface area contributed by atoms with E-state index in [1.807, 2.05) is 37.3 Å². The van der Waals surface area contributed by atoms with Crippen molar-refractivity contribution in [1.82, 2.24) is 8.87 Å². The van der Waals surface area contributed by atoms with Gasteiger partial charge >= 0.3 is 0 Å². The lowest BCUT2D eigenvalue weighted by atomic mass is 10.3. The van der Waals surface area contributed by atoms with Crippen LogP contribution in [-0.2, 0) is 21.4 Å². The maximum atomic E-state index is 12.7. The monoisotopic (exact) mass is 389 g/mol. The fraction of sp³-hybridized carbons (Fsp3) is 0.368. The number of hydrogen-bond donors (Lipinski definition) is 0. The number of nitrogens with zero attached hydrogens (tertiary/aromatic N) is 3. The van der Waals surface area contributed by atoms with Crippen molar-refractivity contribution in [3.8, 4) is 0 Å². The summed E-state index contributed by atoms with van der Waals surface area (Å²) in [5.74, 6) is -0.276. The molecule has 0 aliphatic carbocycles. The third-order valence-corrected chi connectivity index (χ3v) is 6.53. The van der Waals surface area contributed by atoms with Crippen LogP contribution < -0.4 is 10.5 Å². The molecule has 27 heavy (non-hydrogen) atoms. The highest BCUT2D eigenvalue weighted by molar-refractivity contribution is 7.89. The van der Waals surface area contributed by atoms with Crippen molar-refractivity contribution >= 4 is 21.6 Å². The molecular formula is C19H23N3O4S. The molecule has 144 valence electrons. The van der Waals surface area contributed by atoms with E-state index in [1.165, 1.54) is 22.6 Å². The first-order valence-electron chi connectivity index (χ1n) is 8.99. The fourth-order valence-electron chi connectivity index (χ4n) is 3.21. The number of anilines is 1. The molecule has 1 aromatic heterocycles. The molecule has 0 spiro atoms. The first kappa shape index (κ1) is 19.3. The maximum absolute atomic E-state index is 12.7. The molecule has 0 radical (unpaired) electrons. The van der Waals surface area contributed by atoms with E-state index in [0.29, 0.717) is 19.6 Å². The van der Waals surface area contributed by atoms with Gasteiger partial charge in [-0.15, -0.1) is 0 Å². The van der Waals surface area contributed by atoms with E-state index in [1.54, 1.807) is 4.90 Å². The van der Waals surface area contributed by atoms with E-state index >= 15 is 0 Å². The summed E-state index contributed by atoms with van der Waals surface area (Å²) in [7, 11) is -3.64. The van der Waals surface area contributed by atoms with Crippen molar-refractivity contribution in [3.05, 3.63) is 59.0 Å². The molecule has 8 heteroatoms. The van der Waals surface area contributed by atoms with Crippen LogP contribution in [0.1, 0.15) is 19.8 Å². The largest absolute Gasteiger partial charge is 0.311 e. The molecule has 1 aromatic carbocycles. The topological polar surface area (TPSA) is 79.7 Å². The molecule has 0 bridgehead atoms. The Morgan fingerprint density at radius 2 is 1.74 bits per heavy atom. The first-order valence-corrected chi connectivity index (χ1v) is 10.4. The average Bonchev–Trinajstić information content (AvgIpc) is 3.20. The van der Waals surface area contributed by atoms with Crippen LogP contribution in [-0.4, -0.2) is 42.8 Å². The van der Waals surface area contributed by atoms with Crippen molar-refractivity contribution in [2.45, 2.75) is 31.2 Å².